The third-order valence-corrected chi connectivity index (χ3v) is 4.58. The van der Waals surface area contributed by atoms with Crippen molar-refractivity contribution in [2.45, 2.75) is 6.54 Å². The van der Waals surface area contributed by atoms with E-state index in [-0.39, 0.29) is 12.1 Å². The van der Waals surface area contributed by atoms with Crippen LogP contribution >= 0.6 is 11.5 Å². The number of benzene rings is 1. The number of pyridine rings is 1. The first-order chi connectivity index (χ1) is 11.7. The van der Waals surface area contributed by atoms with Gasteiger partial charge in [0.2, 0.25) is 0 Å². The fraction of sp³-hybridized carbons (Fsp3) is 0.0588. The van der Waals surface area contributed by atoms with Gasteiger partial charge in [-0.1, -0.05) is 30.3 Å². The maximum absolute atomic E-state index is 12.7. The summed E-state index contributed by atoms with van der Waals surface area (Å²) in [5.74, 6) is 0. The van der Waals surface area contributed by atoms with Gasteiger partial charge < -0.3 is 4.98 Å². The van der Waals surface area contributed by atoms with Crippen molar-refractivity contribution in [1.82, 2.24) is 18.9 Å². The first-order valence-corrected chi connectivity index (χ1v) is 8.08. The van der Waals surface area contributed by atoms with Crippen LogP contribution in [-0.4, -0.2) is 18.9 Å². The van der Waals surface area contributed by atoms with Gasteiger partial charge in [0.15, 0.2) is 0 Å². The molecule has 7 heteroatoms. The highest BCUT2D eigenvalue weighted by Crippen LogP contribution is 2.26. The Kier molecular flexibility index (Phi) is 3.55. The molecule has 0 saturated heterocycles. The van der Waals surface area contributed by atoms with Crippen molar-refractivity contribution in [3.8, 4) is 11.3 Å². The van der Waals surface area contributed by atoms with Gasteiger partial charge in [-0.05, 0) is 29.2 Å². The van der Waals surface area contributed by atoms with Crippen LogP contribution in [0.5, 0.6) is 0 Å². The minimum absolute atomic E-state index is 0.230. The molecule has 0 aliphatic carbocycles. The topological polar surface area (TPSA) is 80.6 Å². The summed E-state index contributed by atoms with van der Waals surface area (Å²) in [4.78, 5) is 31.9. The van der Waals surface area contributed by atoms with E-state index in [4.69, 9.17) is 0 Å². The second kappa shape index (κ2) is 5.86. The third-order valence-electron chi connectivity index (χ3n) is 3.75. The van der Waals surface area contributed by atoms with E-state index in [0.717, 1.165) is 22.7 Å². The van der Waals surface area contributed by atoms with Gasteiger partial charge in [-0.15, -0.1) is 0 Å². The monoisotopic (exact) mass is 336 g/mol. The zero-order chi connectivity index (χ0) is 16.5. The molecule has 3 aromatic heterocycles. The summed E-state index contributed by atoms with van der Waals surface area (Å²) in [6.45, 7) is 0.230. The first-order valence-electron chi connectivity index (χ1n) is 7.31. The van der Waals surface area contributed by atoms with Crippen LogP contribution in [0.3, 0.4) is 0 Å². The number of nitrogens with zero attached hydrogens (tertiary/aromatic N) is 3. The molecule has 0 aliphatic heterocycles. The molecule has 3 heterocycles. The molecule has 4 rings (SSSR count). The van der Waals surface area contributed by atoms with Crippen LogP contribution in [0.25, 0.3) is 21.5 Å². The number of nitrogens with one attached hydrogen (secondary N) is 1. The van der Waals surface area contributed by atoms with Crippen LogP contribution in [0.2, 0.25) is 0 Å². The Hall–Kier alpha value is -3.06. The van der Waals surface area contributed by atoms with Gasteiger partial charge in [-0.25, -0.2) is 4.79 Å². The van der Waals surface area contributed by atoms with Gasteiger partial charge in [0.1, 0.15) is 10.4 Å². The summed E-state index contributed by atoms with van der Waals surface area (Å²) in [5, 5.41) is 0. The summed E-state index contributed by atoms with van der Waals surface area (Å²) >= 11 is 1.09. The van der Waals surface area contributed by atoms with Gasteiger partial charge in [-0.2, -0.15) is 4.37 Å². The van der Waals surface area contributed by atoms with Gasteiger partial charge in [0.25, 0.3) is 5.56 Å². The molecule has 0 spiro atoms. The van der Waals surface area contributed by atoms with E-state index >= 15 is 0 Å². The first kappa shape index (κ1) is 14.5. The lowest BCUT2D eigenvalue weighted by Gasteiger charge is -2.05. The molecular formula is C17H12N4O2S. The van der Waals surface area contributed by atoms with Crippen LogP contribution in [-0.2, 0) is 6.54 Å². The summed E-state index contributed by atoms with van der Waals surface area (Å²) in [6.07, 6.45) is 3.30. The summed E-state index contributed by atoms with van der Waals surface area (Å²) in [7, 11) is 0. The van der Waals surface area contributed by atoms with E-state index < -0.39 is 5.69 Å². The number of hydrogen-bond donors (Lipinski definition) is 1. The molecule has 0 amide bonds. The highest BCUT2D eigenvalue weighted by molar-refractivity contribution is 7.13. The van der Waals surface area contributed by atoms with Crippen molar-refractivity contribution in [2.75, 3.05) is 0 Å². The second-order valence-corrected chi connectivity index (χ2v) is 6.05. The minimum Gasteiger partial charge on any atom is -0.304 e. The molecule has 0 aliphatic rings. The standard InChI is InChI=1S/C17H12N4O2S/c22-16-15-14(13(20-24-15)12-6-8-18-9-7-12)19-17(23)21(16)10-11-4-2-1-3-5-11/h1-9H,10H2,(H,19,23). The van der Waals surface area contributed by atoms with Crippen LogP contribution < -0.4 is 11.2 Å². The molecule has 6 nitrogen and oxygen atoms in total. The molecule has 0 bridgehead atoms. The van der Waals surface area contributed by atoms with E-state index in [1.807, 2.05) is 30.3 Å². The van der Waals surface area contributed by atoms with Crippen molar-refractivity contribution in [3.63, 3.8) is 0 Å². The quantitative estimate of drug-likeness (QED) is 0.622. The number of H-pyrrole nitrogens is 1. The SMILES string of the molecule is O=c1[nH]c2c(-c3ccncc3)nsc2c(=O)n1Cc1ccccc1. The lowest BCUT2D eigenvalue weighted by Crippen LogP contribution is -2.34. The third kappa shape index (κ3) is 2.44. The zero-order valence-electron chi connectivity index (χ0n) is 12.5. The molecule has 0 atom stereocenters. The molecule has 0 unspecified atom stereocenters. The number of fused-ring (bicyclic) bond motifs is 1. The number of rotatable bonds is 3. The molecule has 118 valence electrons. The van der Waals surface area contributed by atoms with E-state index in [1.165, 1.54) is 4.57 Å². The van der Waals surface area contributed by atoms with Crippen LogP contribution in [0.1, 0.15) is 5.56 Å². The maximum atomic E-state index is 12.7. The van der Waals surface area contributed by atoms with Crippen LogP contribution in [0.15, 0.2) is 64.4 Å². The molecule has 1 aromatic carbocycles. The molecule has 0 saturated carbocycles. The predicted molar refractivity (Wildman–Crippen MR) is 93.3 cm³/mol. The van der Waals surface area contributed by atoms with E-state index in [9.17, 15) is 9.59 Å². The Bertz CT molecular complexity index is 1110. The van der Waals surface area contributed by atoms with Gasteiger partial charge in [0, 0.05) is 18.0 Å². The van der Waals surface area contributed by atoms with E-state index in [2.05, 4.69) is 14.3 Å². The van der Waals surface area contributed by atoms with Gasteiger partial charge >= 0.3 is 5.69 Å². The fourth-order valence-electron chi connectivity index (χ4n) is 2.56. The Balaban J connectivity index is 1.88. The smallest absolute Gasteiger partial charge is 0.304 e. The lowest BCUT2D eigenvalue weighted by molar-refractivity contribution is 0.713. The van der Waals surface area contributed by atoms with Gasteiger partial charge in [-0.3, -0.25) is 14.3 Å². The van der Waals surface area contributed by atoms with Crippen molar-refractivity contribution >= 4 is 21.7 Å². The van der Waals surface area contributed by atoms with Gasteiger partial charge in [0.05, 0.1) is 12.1 Å². The predicted octanol–water partition coefficient (Wildman–Crippen LogP) is 2.26. The molecular weight excluding hydrogens is 324 g/mol. The Morgan fingerprint density at radius 1 is 1.04 bits per heavy atom. The maximum Gasteiger partial charge on any atom is 0.329 e. The molecule has 1 N–H and O–H groups in total. The van der Waals surface area contributed by atoms with Crippen molar-refractivity contribution in [1.29, 1.82) is 0 Å². The van der Waals surface area contributed by atoms with Crippen LogP contribution in [0.4, 0.5) is 0 Å². The average Bonchev–Trinajstić information content (AvgIpc) is 3.04. The van der Waals surface area contributed by atoms with E-state index in [0.29, 0.717) is 15.9 Å². The number of aromatic amines is 1. The molecule has 0 radical (unpaired) electrons. The second-order valence-electron chi connectivity index (χ2n) is 5.28. The molecule has 24 heavy (non-hydrogen) atoms. The Morgan fingerprint density at radius 2 is 1.79 bits per heavy atom. The Labute approximate surface area is 140 Å². The van der Waals surface area contributed by atoms with Crippen LogP contribution in [0, 0.1) is 0 Å². The zero-order valence-corrected chi connectivity index (χ0v) is 13.3. The van der Waals surface area contributed by atoms with Crippen molar-refractivity contribution in [2.24, 2.45) is 0 Å². The summed E-state index contributed by atoms with van der Waals surface area (Å²) in [5.41, 5.74) is 2.02. The fourth-order valence-corrected chi connectivity index (χ4v) is 3.36. The largest absolute Gasteiger partial charge is 0.329 e. The summed E-state index contributed by atoms with van der Waals surface area (Å²) in [6, 6.07) is 13.0. The number of aromatic nitrogens is 4. The highest BCUT2D eigenvalue weighted by Gasteiger charge is 2.15. The Morgan fingerprint density at radius 3 is 2.54 bits per heavy atom. The molecule has 4 aromatic rings. The van der Waals surface area contributed by atoms with Crippen molar-refractivity contribution < 1.29 is 0 Å². The minimum atomic E-state index is -0.438. The summed E-state index contributed by atoms with van der Waals surface area (Å²) < 4.78 is 5.99. The highest BCUT2D eigenvalue weighted by atomic mass is 32.1. The lowest BCUT2D eigenvalue weighted by atomic mass is 10.2. The van der Waals surface area contributed by atoms with E-state index in [1.54, 1.807) is 24.5 Å². The normalized spacial score (nSPS) is 11.0. The average molecular weight is 336 g/mol. The number of hydrogen-bond acceptors (Lipinski definition) is 5. The molecule has 0 fully saturated rings. The van der Waals surface area contributed by atoms with Crippen molar-refractivity contribution in [3.05, 3.63) is 81.3 Å².